The summed E-state index contributed by atoms with van der Waals surface area (Å²) in [7, 11) is 0. The molecule has 118 valence electrons. The first-order chi connectivity index (χ1) is 9.96. The van der Waals surface area contributed by atoms with Crippen LogP contribution in [-0.4, -0.2) is 35.2 Å². The number of esters is 2. The first kappa shape index (κ1) is 17.2. The summed E-state index contributed by atoms with van der Waals surface area (Å²) in [5.74, 6) is -1.72. The average molecular weight is 298 g/mol. The molecule has 1 N–H and O–H groups in total. The highest BCUT2D eigenvalue weighted by molar-refractivity contribution is 5.81. The maximum absolute atomic E-state index is 11.6. The van der Waals surface area contributed by atoms with Gasteiger partial charge >= 0.3 is 17.9 Å². The summed E-state index contributed by atoms with van der Waals surface area (Å²) >= 11 is 0. The molecule has 1 aliphatic rings. The molecule has 1 fully saturated rings. The number of ether oxygens (including phenoxy) is 2. The fourth-order valence-corrected chi connectivity index (χ4v) is 2.45. The van der Waals surface area contributed by atoms with Crippen molar-refractivity contribution in [3.05, 3.63) is 12.7 Å². The van der Waals surface area contributed by atoms with Crippen LogP contribution in [0.4, 0.5) is 0 Å². The van der Waals surface area contributed by atoms with E-state index in [0.717, 1.165) is 18.9 Å². The number of carboxylic acid groups (broad SMARTS) is 1. The van der Waals surface area contributed by atoms with Gasteiger partial charge in [-0.25, -0.2) is 4.79 Å². The van der Waals surface area contributed by atoms with Crippen molar-refractivity contribution in [3.63, 3.8) is 0 Å². The zero-order chi connectivity index (χ0) is 15.8. The number of hydrogen-bond acceptors (Lipinski definition) is 5. The molecule has 0 bridgehead atoms. The second kappa shape index (κ2) is 8.44. The average Bonchev–Trinajstić information content (AvgIpc) is 2.46. The van der Waals surface area contributed by atoms with Crippen molar-refractivity contribution in [2.75, 3.05) is 0 Å². The van der Waals surface area contributed by atoms with E-state index in [4.69, 9.17) is 14.6 Å². The minimum atomic E-state index is -1.05. The number of aliphatic carboxylic acids is 1. The van der Waals surface area contributed by atoms with E-state index in [1.54, 1.807) is 0 Å². The molecule has 0 heterocycles. The SMILES string of the molecule is C=CC(=O)OC1CC(CC)CCC1OC(=O)CCC(=O)O. The van der Waals surface area contributed by atoms with Gasteiger partial charge < -0.3 is 14.6 Å². The molecule has 1 rings (SSSR count). The first-order valence-corrected chi connectivity index (χ1v) is 7.20. The third-order valence-corrected chi connectivity index (χ3v) is 3.68. The van der Waals surface area contributed by atoms with Crippen LogP contribution in [0.15, 0.2) is 12.7 Å². The van der Waals surface area contributed by atoms with Crippen molar-refractivity contribution in [2.24, 2.45) is 5.92 Å². The Morgan fingerprint density at radius 3 is 2.48 bits per heavy atom. The quantitative estimate of drug-likeness (QED) is 0.571. The molecule has 1 aliphatic carbocycles. The van der Waals surface area contributed by atoms with Crippen LogP contribution in [0, 0.1) is 5.92 Å². The number of carboxylic acids is 1. The van der Waals surface area contributed by atoms with Gasteiger partial charge in [0.15, 0.2) is 0 Å². The Bertz CT molecular complexity index is 403. The van der Waals surface area contributed by atoms with Crippen LogP contribution in [0.2, 0.25) is 0 Å². The number of carbonyl (C=O) groups excluding carboxylic acids is 2. The lowest BCUT2D eigenvalue weighted by atomic mass is 9.83. The van der Waals surface area contributed by atoms with E-state index in [1.165, 1.54) is 0 Å². The standard InChI is InChI=1S/C15H22O6/c1-3-10-5-6-11(12(9-10)21-14(18)4-2)20-15(19)8-7-13(16)17/h4,10-12H,2-3,5-9H2,1H3,(H,16,17). The van der Waals surface area contributed by atoms with Gasteiger partial charge in [-0.2, -0.15) is 0 Å². The van der Waals surface area contributed by atoms with Crippen LogP contribution >= 0.6 is 0 Å². The summed E-state index contributed by atoms with van der Waals surface area (Å²) in [6.07, 6.45) is 2.79. The third kappa shape index (κ3) is 5.97. The summed E-state index contributed by atoms with van der Waals surface area (Å²) in [4.78, 5) is 33.4. The zero-order valence-electron chi connectivity index (χ0n) is 12.2. The van der Waals surface area contributed by atoms with Crippen LogP contribution in [0.25, 0.3) is 0 Å². The number of hydrogen-bond donors (Lipinski definition) is 1. The lowest BCUT2D eigenvalue weighted by Crippen LogP contribution is -2.40. The molecule has 0 spiro atoms. The molecule has 1 saturated carbocycles. The minimum absolute atomic E-state index is 0.175. The van der Waals surface area contributed by atoms with Crippen molar-refractivity contribution >= 4 is 17.9 Å². The number of carbonyl (C=O) groups is 3. The third-order valence-electron chi connectivity index (χ3n) is 3.68. The van der Waals surface area contributed by atoms with Crippen LogP contribution < -0.4 is 0 Å². The zero-order valence-corrected chi connectivity index (χ0v) is 12.2. The molecule has 0 aromatic heterocycles. The fourth-order valence-electron chi connectivity index (χ4n) is 2.45. The Labute approximate surface area is 124 Å². The molecule has 0 amide bonds. The normalized spacial score (nSPS) is 24.9. The van der Waals surface area contributed by atoms with Crippen molar-refractivity contribution in [3.8, 4) is 0 Å². The Morgan fingerprint density at radius 2 is 1.90 bits per heavy atom. The van der Waals surface area contributed by atoms with Crippen LogP contribution in [0.3, 0.4) is 0 Å². The van der Waals surface area contributed by atoms with E-state index < -0.39 is 30.1 Å². The van der Waals surface area contributed by atoms with E-state index >= 15 is 0 Å². The van der Waals surface area contributed by atoms with E-state index in [2.05, 4.69) is 13.5 Å². The molecule has 3 atom stereocenters. The van der Waals surface area contributed by atoms with Crippen LogP contribution in [-0.2, 0) is 23.9 Å². The number of rotatable bonds is 7. The second-order valence-corrected chi connectivity index (χ2v) is 5.19. The van der Waals surface area contributed by atoms with Crippen molar-refractivity contribution < 1.29 is 29.0 Å². The first-order valence-electron chi connectivity index (χ1n) is 7.20. The minimum Gasteiger partial charge on any atom is -0.481 e. The monoisotopic (exact) mass is 298 g/mol. The molecule has 3 unspecified atom stereocenters. The van der Waals surface area contributed by atoms with Gasteiger partial charge in [0.25, 0.3) is 0 Å². The maximum atomic E-state index is 11.6. The summed E-state index contributed by atoms with van der Waals surface area (Å²) in [6.45, 7) is 5.42. The predicted molar refractivity (Wildman–Crippen MR) is 74.5 cm³/mol. The van der Waals surface area contributed by atoms with Gasteiger partial charge in [-0.05, 0) is 25.2 Å². The lowest BCUT2D eigenvalue weighted by molar-refractivity contribution is -0.171. The fraction of sp³-hybridized carbons (Fsp3) is 0.667. The Hall–Kier alpha value is -1.85. The van der Waals surface area contributed by atoms with Crippen molar-refractivity contribution in [2.45, 2.75) is 57.7 Å². The second-order valence-electron chi connectivity index (χ2n) is 5.19. The van der Waals surface area contributed by atoms with E-state index in [-0.39, 0.29) is 12.8 Å². The molecule has 6 nitrogen and oxygen atoms in total. The molecular formula is C15H22O6. The Balaban J connectivity index is 2.59. The highest BCUT2D eigenvalue weighted by atomic mass is 16.6. The van der Waals surface area contributed by atoms with Gasteiger partial charge in [0.1, 0.15) is 12.2 Å². The molecule has 0 saturated heterocycles. The molecule has 6 heteroatoms. The Kier molecular flexibility index (Phi) is 6.91. The molecule has 21 heavy (non-hydrogen) atoms. The topological polar surface area (TPSA) is 89.9 Å². The van der Waals surface area contributed by atoms with E-state index in [1.807, 2.05) is 0 Å². The summed E-state index contributed by atoms with van der Waals surface area (Å²) in [5.41, 5.74) is 0. The summed E-state index contributed by atoms with van der Waals surface area (Å²) in [5, 5.41) is 8.55. The van der Waals surface area contributed by atoms with Gasteiger partial charge in [-0.3, -0.25) is 9.59 Å². The van der Waals surface area contributed by atoms with Gasteiger partial charge in [0.2, 0.25) is 0 Å². The van der Waals surface area contributed by atoms with Crippen molar-refractivity contribution in [1.29, 1.82) is 0 Å². The van der Waals surface area contributed by atoms with Gasteiger partial charge in [0, 0.05) is 6.08 Å². The van der Waals surface area contributed by atoms with Crippen LogP contribution in [0.5, 0.6) is 0 Å². The molecule has 0 aromatic carbocycles. The van der Waals surface area contributed by atoms with Crippen molar-refractivity contribution in [1.82, 2.24) is 0 Å². The van der Waals surface area contributed by atoms with Gasteiger partial charge in [-0.1, -0.05) is 19.9 Å². The summed E-state index contributed by atoms with van der Waals surface area (Å²) in [6, 6.07) is 0. The maximum Gasteiger partial charge on any atom is 0.330 e. The highest BCUT2D eigenvalue weighted by Crippen LogP contribution is 2.31. The van der Waals surface area contributed by atoms with Gasteiger partial charge in [-0.15, -0.1) is 0 Å². The largest absolute Gasteiger partial charge is 0.481 e. The van der Waals surface area contributed by atoms with Crippen LogP contribution in [0.1, 0.15) is 45.4 Å². The molecular weight excluding hydrogens is 276 g/mol. The predicted octanol–water partition coefficient (Wildman–Crippen LogP) is 2.07. The molecule has 0 aromatic rings. The molecule has 0 aliphatic heterocycles. The lowest BCUT2D eigenvalue weighted by Gasteiger charge is -2.34. The highest BCUT2D eigenvalue weighted by Gasteiger charge is 2.34. The summed E-state index contributed by atoms with van der Waals surface area (Å²) < 4.78 is 10.5. The molecule has 0 radical (unpaired) electrons. The Morgan fingerprint density at radius 1 is 1.19 bits per heavy atom. The smallest absolute Gasteiger partial charge is 0.330 e. The van der Waals surface area contributed by atoms with Gasteiger partial charge in [0.05, 0.1) is 12.8 Å². The van der Waals surface area contributed by atoms with E-state index in [0.29, 0.717) is 18.8 Å². The van der Waals surface area contributed by atoms with E-state index in [9.17, 15) is 14.4 Å².